The quantitative estimate of drug-likeness (QED) is 0.771. The van der Waals surface area contributed by atoms with Gasteiger partial charge in [0, 0.05) is 6.04 Å². The predicted molar refractivity (Wildman–Crippen MR) is 70.6 cm³/mol. The Hall–Kier alpha value is -0.500. The van der Waals surface area contributed by atoms with Gasteiger partial charge in [-0.1, -0.05) is 25.7 Å². The molecule has 0 saturated heterocycles. The molecular formula is C15H27N2+. The highest BCUT2D eigenvalue weighted by atomic mass is 15.4. The fourth-order valence-electron chi connectivity index (χ4n) is 3.91. The Morgan fingerprint density at radius 3 is 2.18 bits per heavy atom. The van der Waals surface area contributed by atoms with Crippen LogP contribution in [0.25, 0.3) is 0 Å². The van der Waals surface area contributed by atoms with E-state index in [9.17, 15) is 0 Å². The number of quaternary nitrogens is 1. The SMILES string of the molecule is C1=C[NH+](C2CCCCC2)CN1C1CCCCC1. The third-order valence-corrected chi connectivity index (χ3v) is 5.02. The monoisotopic (exact) mass is 235 g/mol. The van der Waals surface area contributed by atoms with Crippen LogP contribution in [0.4, 0.5) is 0 Å². The molecule has 3 rings (SSSR count). The standard InChI is InChI=1S/C15H26N2/c1-3-7-14(8-4-1)16-11-12-17(13-16)15-9-5-2-6-10-15/h11-12,14-15H,1-10,13H2/p+1. The first-order valence-corrected chi connectivity index (χ1v) is 7.73. The zero-order chi connectivity index (χ0) is 11.5. The molecule has 0 aromatic rings. The van der Waals surface area contributed by atoms with Crippen LogP contribution < -0.4 is 4.90 Å². The van der Waals surface area contributed by atoms with E-state index in [0.717, 1.165) is 12.1 Å². The molecule has 0 bridgehead atoms. The van der Waals surface area contributed by atoms with E-state index in [0.29, 0.717) is 0 Å². The Morgan fingerprint density at radius 1 is 0.824 bits per heavy atom. The van der Waals surface area contributed by atoms with Crippen molar-refractivity contribution in [2.45, 2.75) is 76.3 Å². The van der Waals surface area contributed by atoms with Gasteiger partial charge in [0.25, 0.3) is 0 Å². The third-order valence-electron chi connectivity index (χ3n) is 5.02. The molecule has 2 saturated carbocycles. The topological polar surface area (TPSA) is 7.68 Å². The van der Waals surface area contributed by atoms with Crippen LogP contribution in [0, 0.1) is 0 Å². The summed E-state index contributed by atoms with van der Waals surface area (Å²) in [5, 5.41) is 0. The summed E-state index contributed by atoms with van der Waals surface area (Å²) in [7, 11) is 0. The highest BCUT2D eigenvalue weighted by Crippen LogP contribution is 2.23. The Bertz CT molecular complexity index is 236. The van der Waals surface area contributed by atoms with Crippen molar-refractivity contribution in [1.29, 1.82) is 0 Å². The van der Waals surface area contributed by atoms with Gasteiger partial charge in [-0.2, -0.15) is 0 Å². The van der Waals surface area contributed by atoms with E-state index in [1.165, 1.54) is 70.9 Å². The summed E-state index contributed by atoms with van der Waals surface area (Å²) in [6, 6.07) is 1.79. The van der Waals surface area contributed by atoms with Gasteiger partial charge in [0.05, 0.1) is 12.2 Å². The largest absolute Gasteiger partial charge is 0.323 e. The maximum absolute atomic E-state index is 2.64. The second-order valence-corrected chi connectivity index (χ2v) is 6.19. The molecule has 3 aliphatic rings. The molecule has 1 atom stereocenters. The van der Waals surface area contributed by atoms with Crippen LogP contribution in [0.1, 0.15) is 64.2 Å². The zero-order valence-electron chi connectivity index (χ0n) is 11.0. The van der Waals surface area contributed by atoms with Gasteiger partial charge in [-0.15, -0.1) is 0 Å². The highest BCUT2D eigenvalue weighted by Gasteiger charge is 2.30. The van der Waals surface area contributed by atoms with Gasteiger partial charge in [0.1, 0.15) is 6.20 Å². The number of nitrogens with one attached hydrogen (secondary N) is 1. The van der Waals surface area contributed by atoms with Crippen molar-refractivity contribution in [3.05, 3.63) is 12.4 Å². The molecule has 1 heterocycles. The van der Waals surface area contributed by atoms with Crippen LogP contribution >= 0.6 is 0 Å². The van der Waals surface area contributed by atoms with Crippen molar-refractivity contribution >= 4 is 0 Å². The molecule has 0 spiro atoms. The molecule has 1 aliphatic heterocycles. The number of rotatable bonds is 2. The Labute approximate surface area is 106 Å². The fourth-order valence-corrected chi connectivity index (χ4v) is 3.91. The second-order valence-electron chi connectivity index (χ2n) is 6.19. The first-order chi connectivity index (χ1) is 8.43. The Kier molecular flexibility index (Phi) is 3.70. The molecule has 2 heteroatoms. The summed E-state index contributed by atoms with van der Waals surface area (Å²) in [4.78, 5) is 4.39. The van der Waals surface area contributed by atoms with Gasteiger partial charge in [-0.3, -0.25) is 4.90 Å². The lowest BCUT2D eigenvalue weighted by molar-refractivity contribution is -0.878. The van der Waals surface area contributed by atoms with Crippen molar-refractivity contribution < 1.29 is 4.90 Å². The zero-order valence-corrected chi connectivity index (χ0v) is 11.0. The summed E-state index contributed by atoms with van der Waals surface area (Å²) in [5.74, 6) is 0. The van der Waals surface area contributed by atoms with Crippen molar-refractivity contribution in [3.8, 4) is 0 Å². The molecule has 1 unspecified atom stereocenters. The van der Waals surface area contributed by atoms with Gasteiger partial charge < -0.3 is 4.90 Å². The molecule has 2 aliphatic carbocycles. The Morgan fingerprint density at radius 2 is 1.47 bits per heavy atom. The van der Waals surface area contributed by atoms with Crippen LogP contribution in [0.15, 0.2) is 12.4 Å². The molecule has 2 nitrogen and oxygen atoms in total. The van der Waals surface area contributed by atoms with E-state index < -0.39 is 0 Å². The first kappa shape index (κ1) is 11.6. The van der Waals surface area contributed by atoms with Crippen LogP contribution in [0.2, 0.25) is 0 Å². The smallest absolute Gasteiger partial charge is 0.157 e. The van der Waals surface area contributed by atoms with Gasteiger partial charge in [-0.05, 0) is 38.5 Å². The van der Waals surface area contributed by atoms with E-state index in [-0.39, 0.29) is 0 Å². The summed E-state index contributed by atoms with van der Waals surface area (Å²) in [6.45, 7) is 1.26. The van der Waals surface area contributed by atoms with Gasteiger partial charge in [0.15, 0.2) is 6.67 Å². The lowest BCUT2D eigenvalue weighted by atomic mass is 9.94. The maximum Gasteiger partial charge on any atom is 0.157 e. The molecule has 0 aromatic carbocycles. The maximum atomic E-state index is 2.64. The Balaban J connectivity index is 1.52. The van der Waals surface area contributed by atoms with Crippen molar-refractivity contribution in [3.63, 3.8) is 0 Å². The van der Waals surface area contributed by atoms with Gasteiger partial charge in [0.2, 0.25) is 0 Å². The van der Waals surface area contributed by atoms with Gasteiger partial charge in [-0.25, -0.2) is 0 Å². The molecule has 1 N–H and O–H groups in total. The molecular weight excluding hydrogens is 208 g/mol. The van der Waals surface area contributed by atoms with Crippen molar-refractivity contribution in [1.82, 2.24) is 4.90 Å². The fraction of sp³-hybridized carbons (Fsp3) is 0.867. The molecule has 0 radical (unpaired) electrons. The lowest BCUT2D eigenvalue weighted by Gasteiger charge is -2.32. The van der Waals surface area contributed by atoms with Crippen molar-refractivity contribution in [2.24, 2.45) is 0 Å². The molecule has 0 amide bonds. The summed E-state index contributed by atoms with van der Waals surface area (Å²) in [5.41, 5.74) is 0. The average Bonchev–Trinajstić information content (AvgIpc) is 2.90. The summed E-state index contributed by atoms with van der Waals surface area (Å²) in [6.07, 6.45) is 19.4. The van der Waals surface area contributed by atoms with Gasteiger partial charge >= 0.3 is 0 Å². The van der Waals surface area contributed by atoms with E-state index in [1.807, 2.05) is 0 Å². The number of hydrogen-bond donors (Lipinski definition) is 1. The first-order valence-electron chi connectivity index (χ1n) is 7.73. The average molecular weight is 235 g/mol. The lowest BCUT2D eigenvalue weighted by Crippen LogP contribution is -3.11. The van der Waals surface area contributed by atoms with Crippen LogP contribution in [0.3, 0.4) is 0 Å². The normalized spacial score (nSPS) is 32.2. The minimum Gasteiger partial charge on any atom is -0.323 e. The minimum atomic E-state index is 0.862. The van der Waals surface area contributed by atoms with Crippen molar-refractivity contribution in [2.75, 3.05) is 6.67 Å². The van der Waals surface area contributed by atoms with E-state index >= 15 is 0 Å². The van der Waals surface area contributed by atoms with Crippen LogP contribution in [-0.2, 0) is 0 Å². The minimum absolute atomic E-state index is 0.862. The van der Waals surface area contributed by atoms with Crippen LogP contribution in [0.5, 0.6) is 0 Å². The summed E-state index contributed by atoms with van der Waals surface area (Å²) >= 11 is 0. The molecule has 96 valence electrons. The molecule has 17 heavy (non-hydrogen) atoms. The molecule has 0 aromatic heterocycles. The number of nitrogens with zero attached hydrogens (tertiary/aromatic N) is 1. The van der Waals surface area contributed by atoms with Crippen LogP contribution in [-0.4, -0.2) is 23.7 Å². The number of hydrogen-bond acceptors (Lipinski definition) is 1. The molecule has 2 fully saturated rings. The second kappa shape index (κ2) is 5.43. The predicted octanol–water partition coefficient (Wildman–Crippen LogP) is 2.28. The third kappa shape index (κ3) is 2.67. The highest BCUT2D eigenvalue weighted by molar-refractivity contribution is 4.87. The summed E-state index contributed by atoms with van der Waals surface area (Å²) < 4.78 is 0. The van der Waals surface area contributed by atoms with E-state index in [4.69, 9.17) is 0 Å². The van der Waals surface area contributed by atoms with E-state index in [2.05, 4.69) is 17.3 Å². The van der Waals surface area contributed by atoms with E-state index in [1.54, 1.807) is 4.90 Å².